The van der Waals surface area contributed by atoms with E-state index >= 15 is 0 Å². The van der Waals surface area contributed by atoms with Crippen LogP contribution in [0.15, 0.2) is 0 Å². The molecule has 0 aliphatic carbocycles. The van der Waals surface area contributed by atoms with Crippen molar-refractivity contribution in [1.82, 2.24) is 0 Å². The normalized spacial score (nSPS) is 2.21. The Labute approximate surface area is 103 Å². The standard InChI is InChI=1S/CH2ClP.5CO.W/c1-3-2;5*1-2;/h1H2;;;;;;. The summed E-state index contributed by atoms with van der Waals surface area (Å²) in [5, 5.41) is 0. The molecule has 0 saturated carbocycles. The maximum absolute atomic E-state index is 7.50. The van der Waals surface area contributed by atoms with Gasteiger partial charge in [-0.3, -0.25) is 0 Å². The van der Waals surface area contributed by atoms with E-state index in [1.54, 1.807) is 0 Å². The van der Waals surface area contributed by atoms with E-state index in [1.165, 1.54) is 0 Å². The second-order valence-electron chi connectivity index (χ2n) is 0.120. The van der Waals surface area contributed by atoms with E-state index in [1.807, 2.05) is 0 Å². The Morgan fingerprint density at radius 3 is 0.714 bits per heavy atom. The van der Waals surface area contributed by atoms with E-state index in [0.29, 0.717) is 7.56 Å². The van der Waals surface area contributed by atoms with E-state index < -0.39 is 0 Å². The van der Waals surface area contributed by atoms with E-state index in [0.717, 1.165) is 0 Å². The molecule has 8 heteroatoms. The summed E-state index contributed by atoms with van der Waals surface area (Å²) in [6, 6.07) is 0. The van der Waals surface area contributed by atoms with E-state index in [-0.39, 0.29) is 21.1 Å². The quantitative estimate of drug-likeness (QED) is 0.331. The van der Waals surface area contributed by atoms with Crippen LogP contribution < -0.4 is 0 Å². The summed E-state index contributed by atoms with van der Waals surface area (Å²) in [6.07, 6.45) is 3.22. The average molecular weight is 404 g/mol. The van der Waals surface area contributed by atoms with Gasteiger partial charge < -0.3 is 0 Å². The van der Waals surface area contributed by atoms with Gasteiger partial charge in [0.2, 0.25) is 0 Å². The van der Waals surface area contributed by atoms with E-state index in [9.17, 15) is 0 Å². The van der Waals surface area contributed by atoms with Gasteiger partial charge in [0.05, 0.1) is 0 Å². The first-order valence-corrected chi connectivity index (χ1v) is 3.49. The molecule has 14 heavy (non-hydrogen) atoms. The molecule has 0 atom stereocenters. The smallest absolute Gasteiger partial charge is 0 e. The molecule has 0 radical (unpaired) electrons. The molecule has 0 aromatic carbocycles. The minimum atomic E-state index is 0. The van der Waals surface area contributed by atoms with Crippen LogP contribution in [0, 0.1) is 33.3 Å². The van der Waals surface area contributed by atoms with E-state index in [4.69, 9.17) is 34.5 Å². The number of hydrogen-bond acceptors (Lipinski definition) is 0. The fraction of sp³-hybridized carbons (Fsp3) is 0. The fourth-order valence-electron chi connectivity index (χ4n) is 0. The molecular formula is C6H2ClO5PW. The number of hydrogen-bond donors (Lipinski definition) is 0. The summed E-state index contributed by atoms with van der Waals surface area (Å²) in [5.74, 6) is 0. The van der Waals surface area contributed by atoms with Crippen LogP contribution >= 0.6 is 18.8 Å². The van der Waals surface area contributed by atoms with Gasteiger partial charge in [0.1, 0.15) is 0 Å². The topological polar surface area (TPSA) is 99.5 Å². The van der Waals surface area contributed by atoms with Crippen LogP contribution in [0.1, 0.15) is 0 Å². The minimum absolute atomic E-state index is 0. The number of halogens is 1. The molecule has 5 nitrogen and oxygen atoms in total. The van der Waals surface area contributed by atoms with Gasteiger partial charge in [0.15, 0.2) is 0 Å². The Kier molecular flexibility index (Phi) is 8730. The average Bonchev–Trinajstić information content (AvgIpc) is 2.32. The van der Waals surface area contributed by atoms with Gasteiger partial charge in [-0.1, -0.05) is 17.5 Å². The molecule has 0 N–H and O–H groups in total. The van der Waals surface area contributed by atoms with Gasteiger partial charge in [-0.15, -0.1) is 0 Å². The SMILES string of the molecule is C=PCl.[C-]#[O+].[C-]#[O+].[C-]#[O+].[C-]#[O+].[C-]#[O+].[W]. The van der Waals surface area contributed by atoms with E-state index in [2.05, 4.69) is 39.6 Å². The summed E-state index contributed by atoms with van der Waals surface area (Å²) < 4.78 is 37.5. The zero-order valence-electron chi connectivity index (χ0n) is 6.48. The molecule has 0 amide bonds. The summed E-state index contributed by atoms with van der Waals surface area (Å²) in [4.78, 5) is 0. The van der Waals surface area contributed by atoms with Crippen molar-refractivity contribution >= 4 is 25.1 Å². The molecule has 0 saturated heterocycles. The predicted molar refractivity (Wildman–Crippen MR) is 39.5 cm³/mol. The number of rotatable bonds is 0. The van der Waals surface area contributed by atoms with Gasteiger partial charge in [0.25, 0.3) is 0 Å². The monoisotopic (exact) mass is 404 g/mol. The fourth-order valence-corrected chi connectivity index (χ4v) is 0. The van der Waals surface area contributed by atoms with Crippen molar-refractivity contribution in [1.29, 1.82) is 0 Å². The first-order chi connectivity index (χ1) is 6.41. The zero-order valence-corrected chi connectivity index (χ0v) is 11.1. The summed E-state index contributed by atoms with van der Waals surface area (Å²) >= 11 is 4.86. The molecule has 0 aliphatic rings. The third-order valence-corrected chi connectivity index (χ3v) is 0. The maximum atomic E-state index is 7.50. The van der Waals surface area contributed by atoms with Gasteiger partial charge in [-0.25, -0.2) is 0 Å². The van der Waals surface area contributed by atoms with Crippen LogP contribution in [0.25, 0.3) is 0 Å². The maximum Gasteiger partial charge on any atom is 0 e. The molecule has 0 rings (SSSR count). The van der Waals surface area contributed by atoms with Crippen LogP contribution in [0.5, 0.6) is 0 Å². The largest absolute Gasteiger partial charge is 0 e. The molecule has 0 spiro atoms. The molecule has 0 aromatic rings. The summed E-state index contributed by atoms with van der Waals surface area (Å²) in [6.45, 7) is 22.5. The Morgan fingerprint density at radius 2 is 0.714 bits per heavy atom. The van der Waals surface area contributed by atoms with Crippen molar-refractivity contribution in [3.05, 3.63) is 33.3 Å². The Hall–Kier alpha value is -0.152. The van der Waals surface area contributed by atoms with Crippen molar-refractivity contribution in [3.63, 3.8) is 0 Å². The van der Waals surface area contributed by atoms with Crippen molar-refractivity contribution in [2.45, 2.75) is 0 Å². The van der Waals surface area contributed by atoms with Crippen molar-refractivity contribution < 1.29 is 44.3 Å². The third kappa shape index (κ3) is 60600. The second-order valence-corrected chi connectivity index (χ2v) is 1.08. The van der Waals surface area contributed by atoms with Crippen LogP contribution in [-0.2, 0) is 44.3 Å². The van der Waals surface area contributed by atoms with Gasteiger partial charge in [0, 0.05) is 21.1 Å². The Balaban J connectivity index is -0.00000000838. The molecule has 0 bridgehead atoms. The molecule has 0 fully saturated rings. The third-order valence-electron chi connectivity index (χ3n) is 0. The van der Waals surface area contributed by atoms with Crippen molar-refractivity contribution in [2.75, 3.05) is 0 Å². The summed E-state index contributed by atoms with van der Waals surface area (Å²) in [7, 11) is 0.639. The van der Waals surface area contributed by atoms with Crippen molar-refractivity contribution in [2.24, 2.45) is 0 Å². The van der Waals surface area contributed by atoms with Gasteiger partial charge in [-0.05, 0) is 7.56 Å². The zero-order chi connectivity index (χ0) is 12.7. The first kappa shape index (κ1) is 48.7. The summed E-state index contributed by atoms with van der Waals surface area (Å²) in [5.41, 5.74) is 0. The molecule has 0 aliphatic heterocycles. The Bertz CT molecular complexity index is 116. The molecule has 74 valence electrons. The second kappa shape index (κ2) is 2510. The van der Waals surface area contributed by atoms with Crippen LogP contribution in [0.2, 0.25) is 0 Å². The molecular weight excluding hydrogens is 402 g/mol. The Morgan fingerprint density at radius 1 is 0.714 bits per heavy atom. The van der Waals surface area contributed by atoms with Gasteiger partial charge in [-0.2, -0.15) is 0 Å². The van der Waals surface area contributed by atoms with Crippen LogP contribution in [-0.4, -0.2) is 6.30 Å². The van der Waals surface area contributed by atoms with Gasteiger partial charge >= 0.3 is 56.5 Å². The molecule has 0 unspecified atom stereocenters. The predicted octanol–water partition coefficient (Wildman–Crippen LogP) is 1.33. The van der Waals surface area contributed by atoms with Crippen molar-refractivity contribution in [3.8, 4) is 0 Å². The van der Waals surface area contributed by atoms with Crippen LogP contribution in [0.4, 0.5) is 0 Å². The minimum Gasteiger partial charge on any atom is 0 e. The molecule has 0 heterocycles. The molecule has 0 aromatic heterocycles. The first-order valence-electron chi connectivity index (χ1n) is 1.51. The van der Waals surface area contributed by atoms with Crippen LogP contribution in [0.3, 0.4) is 0 Å².